The van der Waals surface area contributed by atoms with Gasteiger partial charge in [0.25, 0.3) is 0 Å². The van der Waals surface area contributed by atoms with E-state index in [-0.39, 0.29) is 0 Å². The number of hydrogen-bond donors (Lipinski definition) is 0. The lowest BCUT2D eigenvalue weighted by Crippen LogP contribution is -1.80. The van der Waals surface area contributed by atoms with Crippen LogP contribution in [0.1, 0.15) is 26.2 Å². The molecule has 0 aliphatic heterocycles. The fraction of sp³-hybridized carbons (Fsp3) is 0.600. The van der Waals surface area contributed by atoms with E-state index in [1.54, 1.807) is 7.11 Å². The molecule has 0 bridgehead atoms. The summed E-state index contributed by atoms with van der Waals surface area (Å²) < 4.78 is 4.78. The maximum atomic E-state index is 4.78. The van der Waals surface area contributed by atoms with Crippen molar-refractivity contribution >= 4 is 0 Å². The van der Waals surface area contributed by atoms with Gasteiger partial charge < -0.3 is 4.74 Å². The molecule has 1 nitrogen and oxygen atoms in total. The van der Waals surface area contributed by atoms with Gasteiger partial charge in [0.2, 0.25) is 0 Å². The Balaban J connectivity index is 3.14. The molecule has 62 valence electrons. The van der Waals surface area contributed by atoms with E-state index in [1.165, 1.54) is 0 Å². The van der Waals surface area contributed by atoms with Crippen LogP contribution in [0.4, 0.5) is 0 Å². The van der Waals surface area contributed by atoms with Gasteiger partial charge in [-0.25, -0.2) is 0 Å². The molecule has 0 atom stereocenters. The average Bonchev–Trinajstić information content (AvgIpc) is 2.03. The van der Waals surface area contributed by atoms with Gasteiger partial charge in [-0.15, -0.1) is 5.92 Å². The number of hydrogen-bond acceptors (Lipinski definition) is 1. The highest BCUT2D eigenvalue weighted by Crippen LogP contribution is 1.90. The fourth-order valence-electron chi connectivity index (χ4n) is 0.652. The van der Waals surface area contributed by atoms with Gasteiger partial charge in [0.15, 0.2) is 0 Å². The Morgan fingerprint density at radius 2 is 2.09 bits per heavy atom. The van der Waals surface area contributed by atoms with Crippen LogP contribution in [-0.4, -0.2) is 13.7 Å². The minimum absolute atomic E-state index is 0.553. The van der Waals surface area contributed by atoms with E-state index in [1.807, 2.05) is 0 Å². The zero-order chi connectivity index (χ0) is 8.36. The Kier molecular flexibility index (Phi) is 8.64. The predicted molar refractivity (Wildman–Crippen MR) is 48.3 cm³/mol. The van der Waals surface area contributed by atoms with Crippen LogP contribution in [0.25, 0.3) is 0 Å². The summed E-state index contributed by atoms with van der Waals surface area (Å²) in [6, 6.07) is 0. The Bertz CT molecular complexity index is 148. The molecule has 0 unspecified atom stereocenters. The third-order valence-corrected chi connectivity index (χ3v) is 1.18. The monoisotopic (exact) mass is 152 g/mol. The van der Waals surface area contributed by atoms with E-state index in [9.17, 15) is 0 Å². The normalized spacial score (nSPS) is 9.64. The lowest BCUT2D eigenvalue weighted by molar-refractivity contribution is 0.239. The summed E-state index contributed by atoms with van der Waals surface area (Å²) in [6.45, 7) is 2.69. The van der Waals surface area contributed by atoms with Gasteiger partial charge in [0.1, 0.15) is 6.61 Å². The van der Waals surface area contributed by atoms with Crippen molar-refractivity contribution in [3.05, 3.63) is 12.2 Å². The predicted octanol–water partition coefficient (Wildman–Crippen LogP) is 2.38. The molecule has 0 aromatic carbocycles. The van der Waals surface area contributed by atoms with Gasteiger partial charge in [-0.05, 0) is 12.8 Å². The van der Waals surface area contributed by atoms with E-state index < -0.39 is 0 Å². The molecule has 11 heavy (non-hydrogen) atoms. The zero-order valence-corrected chi connectivity index (χ0v) is 7.39. The van der Waals surface area contributed by atoms with Crippen LogP contribution in [0.5, 0.6) is 0 Å². The molecule has 0 aromatic rings. The quantitative estimate of drug-likeness (QED) is 0.341. The number of allylic oxidation sites excluding steroid dienone is 2. The van der Waals surface area contributed by atoms with Crippen molar-refractivity contribution in [2.45, 2.75) is 26.2 Å². The lowest BCUT2D eigenvalue weighted by atomic mass is 10.3. The Labute approximate surface area is 69.4 Å². The molecular weight excluding hydrogens is 136 g/mol. The molecule has 1 heteroatoms. The molecule has 0 spiro atoms. The van der Waals surface area contributed by atoms with E-state index in [2.05, 4.69) is 30.9 Å². The van der Waals surface area contributed by atoms with E-state index in [0.717, 1.165) is 19.3 Å². The van der Waals surface area contributed by atoms with Crippen LogP contribution < -0.4 is 0 Å². The smallest absolute Gasteiger partial charge is 0.107 e. The molecule has 0 aliphatic rings. The maximum absolute atomic E-state index is 4.78. The summed E-state index contributed by atoms with van der Waals surface area (Å²) in [4.78, 5) is 0. The first kappa shape index (κ1) is 10.3. The van der Waals surface area contributed by atoms with Gasteiger partial charge in [-0.3, -0.25) is 0 Å². The van der Waals surface area contributed by atoms with Gasteiger partial charge in [-0.1, -0.05) is 25.0 Å². The van der Waals surface area contributed by atoms with Gasteiger partial charge in [-0.2, -0.15) is 0 Å². The Hall–Kier alpha value is -0.740. The number of methoxy groups -OCH3 is 1. The summed E-state index contributed by atoms with van der Waals surface area (Å²) >= 11 is 0. The van der Waals surface area contributed by atoms with Crippen molar-refractivity contribution in [1.82, 2.24) is 0 Å². The first-order valence-corrected chi connectivity index (χ1v) is 4.01. The van der Waals surface area contributed by atoms with Crippen molar-refractivity contribution < 1.29 is 4.74 Å². The van der Waals surface area contributed by atoms with Crippen LogP contribution in [0.15, 0.2) is 12.2 Å². The van der Waals surface area contributed by atoms with Gasteiger partial charge >= 0.3 is 0 Å². The van der Waals surface area contributed by atoms with Crippen LogP contribution in [-0.2, 0) is 4.74 Å². The van der Waals surface area contributed by atoms with Crippen molar-refractivity contribution in [1.29, 1.82) is 0 Å². The molecule has 0 radical (unpaired) electrons. The van der Waals surface area contributed by atoms with Crippen LogP contribution >= 0.6 is 0 Å². The molecule has 0 saturated carbocycles. The molecule has 0 saturated heterocycles. The Morgan fingerprint density at radius 1 is 1.27 bits per heavy atom. The molecule has 0 rings (SSSR count). The molecule has 0 fully saturated rings. The number of ether oxygens (including phenoxy) is 1. The fourth-order valence-corrected chi connectivity index (χ4v) is 0.652. The van der Waals surface area contributed by atoms with Crippen LogP contribution in [0.2, 0.25) is 0 Å². The average molecular weight is 152 g/mol. The first-order chi connectivity index (χ1) is 5.41. The second-order valence-corrected chi connectivity index (χ2v) is 2.20. The molecule has 0 heterocycles. The number of unbranched alkanes of at least 4 members (excludes halogenated alkanes) is 1. The van der Waals surface area contributed by atoms with Crippen molar-refractivity contribution in [3.8, 4) is 11.8 Å². The summed E-state index contributed by atoms with van der Waals surface area (Å²) in [5.41, 5.74) is 0. The molecule has 0 aromatic heterocycles. The van der Waals surface area contributed by atoms with Crippen molar-refractivity contribution in [3.63, 3.8) is 0 Å². The van der Waals surface area contributed by atoms with Gasteiger partial charge in [0.05, 0.1) is 0 Å². The largest absolute Gasteiger partial charge is 0.372 e. The minimum Gasteiger partial charge on any atom is -0.372 e. The summed E-state index contributed by atoms with van der Waals surface area (Å²) in [5, 5.41) is 0. The van der Waals surface area contributed by atoms with E-state index >= 15 is 0 Å². The third-order valence-electron chi connectivity index (χ3n) is 1.18. The molecule has 0 N–H and O–H groups in total. The van der Waals surface area contributed by atoms with Crippen molar-refractivity contribution in [2.75, 3.05) is 13.7 Å². The first-order valence-electron chi connectivity index (χ1n) is 4.01. The molecular formula is C10H16O. The minimum atomic E-state index is 0.553. The topological polar surface area (TPSA) is 9.23 Å². The second kappa shape index (κ2) is 9.26. The highest BCUT2D eigenvalue weighted by atomic mass is 16.5. The SMILES string of the molecule is CCC=CCCC#CCOC. The van der Waals surface area contributed by atoms with Crippen LogP contribution in [0, 0.1) is 11.8 Å². The van der Waals surface area contributed by atoms with Gasteiger partial charge in [0, 0.05) is 13.5 Å². The second-order valence-electron chi connectivity index (χ2n) is 2.20. The molecule has 0 amide bonds. The summed E-state index contributed by atoms with van der Waals surface area (Å²) in [6.07, 6.45) is 7.45. The van der Waals surface area contributed by atoms with Crippen molar-refractivity contribution in [2.24, 2.45) is 0 Å². The summed E-state index contributed by atoms with van der Waals surface area (Å²) in [5.74, 6) is 5.92. The third kappa shape index (κ3) is 9.26. The highest BCUT2D eigenvalue weighted by Gasteiger charge is 1.74. The molecule has 0 aliphatic carbocycles. The highest BCUT2D eigenvalue weighted by molar-refractivity contribution is 5.00. The standard InChI is InChI=1S/C10H16O/c1-3-4-5-6-7-8-9-10-11-2/h4-5H,3,6-7,10H2,1-2H3. The maximum Gasteiger partial charge on any atom is 0.107 e. The van der Waals surface area contributed by atoms with Crippen LogP contribution in [0.3, 0.4) is 0 Å². The van der Waals surface area contributed by atoms with E-state index in [4.69, 9.17) is 4.74 Å². The lowest BCUT2D eigenvalue weighted by Gasteiger charge is -1.84. The zero-order valence-electron chi connectivity index (χ0n) is 7.39. The summed E-state index contributed by atoms with van der Waals surface area (Å²) in [7, 11) is 1.66. The number of rotatable bonds is 4. The Morgan fingerprint density at radius 3 is 2.73 bits per heavy atom. The van der Waals surface area contributed by atoms with E-state index in [0.29, 0.717) is 6.61 Å².